The van der Waals surface area contributed by atoms with Crippen LogP contribution in [0.2, 0.25) is 0 Å². The average molecular weight is 279 g/mol. The van der Waals surface area contributed by atoms with Crippen LogP contribution in [0.5, 0.6) is 5.75 Å². The van der Waals surface area contributed by atoms with Gasteiger partial charge in [-0.1, -0.05) is 26.8 Å². The number of amides is 1. The topological polar surface area (TPSA) is 66.8 Å². The van der Waals surface area contributed by atoms with Gasteiger partial charge in [0.25, 0.3) is 0 Å². The van der Waals surface area contributed by atoms with Crippen LogP contribution >= 0.6 is 0 Å². The minimum Gasteiger partial charge on any atom is -0.497 e. The largest absolute Gasteiger partial charge is 0.497 e. The lowest BCUT2D eigenvalue weighted by Gasteiger charge is -2.30. The molecule has 0 aliphatic heterocycles. The van der Waals surface area contributed by atoms with E-state index in [1.165, 1.54) is 12.0 Å². The van der Waals surface area contributed by atoms with Crippen LogP contribution in [0.15, 0.2) is 24.3 Å². The number of carbonyl (C=O) groups excluding carboxylic acids is 1. The first-order chi connectivity index (χ1) is 9.18. The van der Waals surface area contributed by atoms with Gasteiger partial charge in [0, 0.05) is 18.8 Å². The molecule has 5 heteroatoms. The van der Waals surface area contributed by atoms with E-state index in [0.29, 0.717) is 11.4 Å². The van der Waals surface area contributed by atoms with Crippen LogP contribution in [0, 0.1) is 11.3 Å². The molecule has 0 saturated carbocycles. The van der Waals surface area contributed by atoms with Crippen LogP contribution in [0.1, 0.15) is 20.8 Å². The molecule has 1 amide bonds. The Bertz CT molecular complexity index is 505. The fourth-order valence-corrected chi connectivity index (χ4v) is 1.99. The van der Waals surface area contributed by atoms with Crippen LogP contribution in [-0.2, 0) is 9.59 Å². The maximum atomic E-state index is 12.4. The molecule has 1 aromatic carbocycles. The molecular weight excluding hydrogens is 258 g/mol. The highest BCUT2D eigenvalue weighted by molar-refractivity contribution is 6.06. The highest BCUT2D eigenvalue weighted by Gasteiger charge is 2.39. The van der Waals surface area contributed by atoms with Crippen LogP contribution in [-0.4, -0.2) is 31.1 Å². The lowest BCUT2D eigenvalue weighted by molar-refractivity contribution is -0.150. The third-order valence-corrected chi connectivity index (χ3v) is 3.13. The van der Waals surface area contributed by atoms with E-state index >= 15 is 0 Å². The maximum absolute atomic E-state index is 12.4. The number of ether oxygens (including phenoxy) is 1. The monoisotopic (exact) mass is 279 g/mol. The molecular formula is C15H21NO4. The van der Waals surface area contributed by atoms with E-state index in [2.05, 4.69) is 0 Å². The Kier molecular flexibility index (Phi) is 4.76. The molecule has 0 spiro atoms. The van der Waals surface area contributed by atoms with Gasteiger partial charge in [0.15, 0.2) is 0 Å². The Morgan fingerprint density at radius 1 is 1.30 bits per heavy atom. The van der Waals surface area contributed by atoms with E-state index in [9.17, 15) is 14.7 Å². The molecule has 5 nitrogen and oxygen atoms in total. The Balaban J connectivity index is 3.08. The summed E-state index contributed by atoms with van der Waals surface area (Å²) in [6.45, 7) is 5.22. The van der Waals surface area contributed by atoms with Gasteiger partial charge in [-0.2, -0.15) is 0 Å². The van der Waals surface area contributed by atoms with Crippen LogP contribution < -0.4 is 9.64 Å². The molecule has 0 saturated heterocycles. The smallest absolute Gasteiger partial charge is 0.316 e. The van der Waals surface area contributed by atoms with Crippen molar-refractivity contribution in [1.82, 2.24) is 0 Å². The predicted octanol–water partition coefficient (Wildman–Crippen LogP) is 2.40. The summed E-state index contributed by atoms with van der Waals surface area (Å²) >= 11 is 0. The minimum atomic E-state index is -1.11. The standard InChI is InChI=1S/C15H21NO4/c1-15(2,3)12(14(18)19)13(17)16(4)10-7-6-8-11(9-10)20-5/h6-9,12H,1-5H3,(H,18,19). The summed E-state index contributed by atoms with van der Waals surface area (Å²) in [6, 6.07) is 6.95. The summed E-state index contributed by atoms with van der Waals surface area (Å²) < 4.78 is 5.11. The van der Waals surface area contributed by atoms with E-state index < -0.39 is 23.2 Å². The third-order valence-electron chi connectivity index (χ3n) is 3.13. The molecule has 1 unspecified atom stereocenters. The van der Waals surface area contributed by atoms with Gasteiger partial charge in [0.1, 0.15) is 11.7 Å². The van der Waals surface area contributed by atoms with Crippen molar-refractivity contribution in [2.45, 2.75) is 20.8 Å². The maximum Gasteiger partial charge on any atom is 0.316 e. The number of carboxylic acids is 1. The number of methoxy groups -OCH3 is 1. The fourth-order valence-electron chi connectivity index (χ4n) is 1.99. The number of hydrogen-bond donors (Lipinski definition) is 1. The molecule has 0 aliphatic rings. The number of nitrogens with zero attached hydrogens (tertiary/aromatic N) is 1. The zero-order chi connectivity index (χ0) is 15.5. The highest BCUT2D eigenvalue weighted by atomic mass is 16.5. The van der Waals surface area contributed by atoms with Gasteiger partial charge in [0.05, 0.1) is 7.11 Å². The molecule has 1 rings (SSSR count). The molecule has 0 bridgehead atoms. The molecule has 0 fully saturated rings. The number of rotatable bonds is 4. The first-order valence-electron chi connectivity index (χ1n) is 6.33. The predicted molar refractivity (Wildman–Crippen MR) is 77.0 cm³/mol. The van der Waals surface area contributed by atoms with Gasteiger partial charge in [-0.25, -0.2) is 0 Å². The molecule has 1 aromatic rings. The van der Waals surface area contributed by atoms with Crippen LogP contribution in [0.25, 0.3) is 0 Å². The summed E-state index contributed by atoms with van der Waals surface area (Å²) in [5.41, 5.74) is -0.0550. The number of aliphatic carboxylic acids is 1. The van der Waals surface area contributed by atoms with Gasteiger partial charge >= 0.3 is 5.97 Å². The number of carbonyl (C=O) groups is 2. The number of hydrogen-bond acceptors (Lipinski definition) is 3. The lowest BCUT2D eigenvalue weighted by atomic mass is 9.80. The normalized spacial score (nSPS) is 12.7. The summed E-state index contributed by atoms with van der Waals surface area (Å²) in [5, 5.41) is 9.30. The Morgan fingerprint density at radius 3 is 2.35 bits per heavy atom. The van der Waals surface area contributed by atoms with Crippen molar-refractivity contribution >= 4 is 17.6 Å². The van der Waals surface area contributed by atoms with Gasteiger partial charge in [0.2, 0.25) is 5.91 Å². The minimum absolute atomic E-state index is 0.446. The molecule has 0 aromatic heterocycles. The van der Waals surface area contributed by atoms with Gasteiger partial charge in [-0.3, -0.25) is 9.59 Å². The summed E-state index contributed by atoms with van der Waals surface area (Å²) in [5.74, 6) is -2.04. The second-order valence-electron chi connectivity index (χ2n) is 5.74. The Labute approximate surface area is 119 Å². The van der Waals surface area contributed by atoms with E-state index in [1.54, 1.807) is 52.1 Å². The van der Waals surface area contributed by atoms with Gasteiger partial charge < -0.3 is 14.7 Å². The van der Waals surface area contributed by atoms with Gasteiger partial charge in [-0.05, 0) is 17.5 Å². The van der Waals surface area contributed by atoms with Crippen molar-refractivity contribution in [3.05, 3.63) is 24.3 Å². The Hall–Kier alpha value is -2.04. The quantitative estimate of drug-likeness (QED) is 0.859. The van der Waals surface area contributed by atoms with E-state index in [1.807, 2.05) is 0 Å². The number of anilines is 1. The Morgan fingerprint density at radius 2 is 1.90 bits per heavy atom. The number of carboxylic acid groups (broad SMARTS) is 1. The number of benzene rings is 1. The zero-order valence-corrected chi connectivity index (χ0v) is 12.5. The van der Waals surface area contributed by atoms with Crippen LogP contribution in [0.4, 0.5) is 5.69 Å². The average Bonchev–Trinajstić information content (AvgIpc) is 2.35. The summed E-state index contributed by atoms with van der Waals surface area (Å²) in [4.78, 5) is 25.2. The van der Waals surface area contributed by atoms with Crippen molar-refractivity contribution < 1.29 is 19.4 Å². The van der Waals surface area contributed by atoms with Crippen molar-refractivity contribution in [3.8, 4) is 5.75 Å². The first-order valence-corrected chi connectivity index (χ1v) is 6.33. The lowest BCUT2D eigenvalue weighted by Crippen LogP contribution is -2.43. The van der Waals surface area contributed by atoms with Crippen LogP contribution in [0.3, 0.4) is 0 Å². The summed E-state index contributed by atoms with van der Waals surface area (Å²) in [7, 11) is 3.11. The highest BCUT2D eigenvalue weighted by Crippen LogP contribution is 2.30. The molecule has 1 N–H and O–H groups in total. The summed E-state index contributed by atoms with van der Waals surface area (Å²) in [6.07, 6.45) is 0. The molecule has 0 radical (unpaired) electrons. The molecule has 0 aliphatic carbocycles. The molecule has 20 heavy (non-hydrogen) atoms. The second kappa shape index (κ2) is 5.94. The van der Waals surface area contributed by atoms with Gasteiger partial charge in [-0.15, -0.1) is 0 Å². The first kappa shape index (κ1) is 16.0. The zero-order valence-electron chi connectivity index (χ0n) is 12.5. The molecule has 110 valence electrons. The second-order valence-corrected chi connectivity index (χ2v) is 5.74. The third kappa shape index (κ3) is 3.50. The molecule has 0 heterocycles. The van der Waals surface area contributed by atoms with Crippen molar-refractivity contribution in [2.75, 3.05) is 19.1 Å². The van der Waals surface area contributed by atoms with Crippen molar-refractivity contribution in [1.29, 1.82) is 0 Å². The SMILES string of the molecule is COc1cccc(N(C)C(=O)C(C(=O)O)C(C)(C)C)c1. The van der Waals surface area contributed by atoms with E-state index in [4.69, 9.17) is 4.74 Å². The molecule has 1 atom stereocenters. The van der Waals surface area contributed by atoms with E-state index in [0.717, 1.165) is 0 Å². The van der Waals surface area contributed by atoms with Crippen molar-refractivity contribution in [2.24, 2.45) is 11.3 Å². The van der Waals surface area contributed by atoms with Crippen molar-refractivity contribution in [3.63, 3.8) is 0 Å². The fraction of sp³-hybridized carbons (Fsp3) is 0.467. The van der Waals surface area contributed by atoms with E-state index in [-0.39, 0.29) is 0 Å².